The minimum Gasteiger partial charge on any atom is -0.352 e. The van der Waals surface area contributed by atoms with Crippen molar-refractivity contribution in [1.29, 1.82) is 0 Å². The van der Waals surface area contributed by atoms with E-state index in [-0.39, 0.29) is 23.1 Å². The van der Waals surface area contributed by atoms with Gasteiger partial charge in [-0.25, -0.2) is 0 Å². The maximum atomic E-state index is 13.5. The van der Waals surface area contributed by atoms with Gasteiger partial charge in [-0.2, -0.15) is 0 Å². The van der Waals surface area contributed by atoms with Gasteiger partial charge in [-0.1, -0.05) is 25.7 Å². The van der Waals surface area contributed by atoms with E-state index < -0.39 is 11.3 Å². The Hall–Kier alpha value is -2.15. The van der Waals surface area contributed by atoms with Gasteiger partial charge in [0.2, 0.25) is 5.43 Å². The van der Waals surface area contributed by atoms with Gasteiger partial charge in [-0.05, 0) is 71.4 Å². The number of hydrogen-bond donors (Lipinski definition) is 1. The van der Waals surface area contributed by atoms with E-state index in [0.717, 1.165) is 45.3 Å². The third-order valence-electron chi connectivity index (χ3n) is 7.83. The number of pyridine rings is 1. The van der Waals surface area contributed by atoms with Crippen molar-refractivity contribution >= 4 is 11.8 Å². The molecule has 3 heterocycles. The summed E-state index contributed by atoms with van der Waals surface area (Å²) in [5.41, 5.74) is -0.219. The fourth-order valence-electron chi connectivity index (χ4n) is 5.95. The van der Waals surface area contributed by atoms with Gasteiger partial charge in [0.25, 0.3) is 11.8 Å². The van der Waals surface area contributed by atoms with Crippen molar-refractivity contribution in [3.8, 4) is 0 Å². The summed E-state index contributed by atoms with van der Waals surface area (Å²) >= 11 is 0. The van der Waals surface area contributed by atoms with Crippen molar-refractivity contribution in [2.45, 2.75) is 96.7 Å². The molecule has 0 spiro atoms. The van der Waals surface area contributed by atoms with Crippen molar-refractivity contribution in [3.05, 3.63) is 33.7 Å². The van der Waals surface area contributed by atoms with Crippen molar-refractivity contribution < 1.29 is 9.59 Å². The van der Waals surface area contributed by atoms with E-state index in [0.29, 0.717) is 25.0 Å². The second-order valence-corrected chi connectivity index (χ2v) is 10.9. The molecule has 7 nitrogen and oxygen atoms in total. The highest BCUT2D eigenvalue weighted by molar-refractivity contribution is 5.99. The van der Waals surface area contributed by atoms with E-state index in [1.165, 1.54) is 38.5 Å². The summed E-state index contributed by atoms with van der Waals surface area (Å²) in [6, 6.07) is 0.460. The molecule has 0 unspecified atom stereocenters. The van der Waals surface area contributed by atoms with Crippen molar-refractivity contribution in [2.24, 2.45) is 5.92 Å². The average Bonchev–Trinajstić information content (AvgIpc) is 2.85. The van der Waals surface area contributed by atoms with Crippen LogP contribution in [0.3, 0.4) is 0 Å². The van der Waals surface area contributed by atoms with Gasteiger partial charge < -0.3 is 19.7 Å². The summed E-state index contributed by atoms with van der Waals surface area (Å²) in [5.74, 6) is -0.0879. The lowest BCUT2D eigenvalue weighted by molar-refractivity contribution is 0.0588. The molecule has 4 rings (SSSR count). The lowest BCUT2D eigenvalue weighted by Crippen LogP contribution is -2.49. The fraction of sp³-hybridized carbons (Fsp3) is 0.741. The summed E-state index contributed by atoms with van der Waals surface area (Å²) in [6.07, 6.45) is 15.2. The number of carbonyl (C=O) groups is 2. The summed E-state index contributed by atoms with van der Waals surface area (Å²) in [4.78, 5) is 44.1. The molecule has 2 saturated heterocycles. The van der Waals surface area contributed by atoms with Gasteiger partial charge in [-0.3, -0.25) is 14.4 Å². The first-order chi connectivity index (χ1) is 16.4. The summed E-state index contributed by atoms with van der Waals surface area (Å²) in [5, 5.41) is 2.84. The van der Waals surface area contributed by atoms with Crippen LogP contribution >= 0.6 is 0 Å². The van der Waals surface area contributed by atoms with Crippen LogP contribution in [0.5, 0.6) is 0 Å². The molecule has 2 aliphatic heterocycles. The van der Waals surface area contributed by atoms with Crippen LogP contribution in [0.25, 0.3) is 0 Å². The maximum Gasteiger partial charge on any atom is 0.259 e. The molecule has 3 fully saturated rings. The SMILES string of the molecule is CC(C)NC(=O)c1cn(CC2CCCCC2)cc(C(=O)N2CCC(N3CCCCC3)CC2)c1=O. The summed E-state index contributed by atoms with van der Waals surface area (Å²) in [6.45, 7) is 8.17. The number of piperidine rings is 2. The molecule has 34 heavy (non-hydrogen) atoms. The Morgan fingerprint density at radius 3 is 2.15 bits per heavy atom. The zero-order valence-electron chi connectivity index (χ0n) is 21.1. The van der Waals surface area contributed by atoms with E-state index >= 15 is 0 Å². The molecule has 1 aliphatic carbocycles. The number of carbonyl (C=O) groups excluding carboxylic acids is 2. The predicted molar refractivity (Wildman–Crippen MR) is 134 cm³/mol. The van der Waals surface area contributed by atoms with Crippen molar-refractivity contribution in [3.63, 3.8) is 0 Å². The van der Waals surface area contributed by atoms with Crippen LogP contribution < -0.4 is 10.7 Å². The normalized spacial score (nSPS) is 21.1. The summed E-state index contributed by atoms with van der Waals surface area (Å²) < 4.78 is 1.93. The smallest absolute Gasteiger partial charge is 0.259 e. The maximum absolute atomic E-state index is 13.5. The Balaban J connectivity index is 1.52. The van der Waals surface area contributed by atoms with E-state index in [2.05, 4.69) is 10.2 Å². The van der Waals surface area contributed by atoms with Crippen LogP contribution in [0.15, 0.2) is 17.2 Å². The third-order valence-corrected chi connectivity index (χ3v) is 7.83. The Morgan fingerprint density at radius 2 is 1.50 bits per heavy atom. The minimum atomic E-state index is -0.443. The topological polar surface area (TPSA) is 74.7 Å². The molecule has 2 amide bonds. The van der Waals surface area contributed by atoms with E-state index in [4.69, 9.17) is 0 Å². The Kier molecular flexibility index (Phi) is 8.46. The molecule has 3 aliphatic rings. The van der Waals surface area contributed by atoms with Crippen LogP contribution in [0, 0.1) is 5.92 Å². The van der Waals surface area contributed by atoms with Crippen molar-refractivity contribution in [2.75, 3.05) is 26.2 Å². The van der Waals surface area contributed by atoms with Crippen LogP contribution in [-0.4, -0.2) is 64.4 Å². The van der Waals surface area contributed by atoms with Gasteiger partial charge in [0.05, 0.1) is 0 Å². The molecule has 1 saturated carbocycles. The van der Waals surface area contributed by atoms with Crippen molar-refractivity contribution in [1.82, 2.24) is 19.7 Å². The Morgan fingerprint density at radius 1 is 0.882 bits per heavy atom. The number of aromatic nitrogens is 1. The number of amides is 2. The van der Waals surface area contributed by atoms with E-state index in [9.17, 15) is 14.4 Å². The highest BCUT2D eigenvalue weighted by Gasteiger charge is 2.30. The molecule has 0 atom stereocenters. The molecule has 1 aromatic rings. The van der Waals surface area contributed by atoms with Crippen LogP contribution in [0.4, 0.5) is 0 Å². The fourth-order valence-corrected chi connectivity index (χ4v) is 5.95. The second kappa shape index (κ2) is 11.5. The number of nitrogens with zero attached hydrogens (tertiary/aromatic N) is 3. The zero-order chi connectivity index (χ0) is 24.1. The number of hydrogen-bond acceptors (Lipinski definition) is 4. The number of rotatable bonds is 6. The van der Waals surface area contributed by atoms with Gasteiger partial charge in [0, 0.05) is 44.1 Å². The molecular formula is C27H42N4O3. The quantitative estimate of drug-likeness (QED) is 0.689. The molecule has 0 bridgehead atoms. The van der Waals surface area contributed by atoms with Crippen LogP contribution in [-0.2, 0) is 6.54 Å². The molecule has 188 valence electrons. The van der Waals surface area contributed by atoms with Gasteiger partial charge in [-0.15, -0.1) is 0 Å². The lowest BCUT2D eigenvalue weighted by Gasteiger charge is -2.40. The highest BCUT2D eigenvalue weighted by atomic mass is 16.2. The minimum absolute atomic E-state index is 0.0770. The first-order valence-corrected chi connectivity index (χ1v) is 13.5. The zero-order valence-corrected chi connectivity index (χ0v) is 21.1. The Bertz CT molecular complexity index is 905. The Labute approximate surface area is 203 Å². The number of likely N-dealkylation sites (tertiary alicyclic amines) is 2. The van der Waals surface area contributed by atoms with Crippen LogP contribution in [0.2, 0.25) is 0 Å². The van der Waals surface area contributed by atoms with E-state index in [1.54, 1.807) is 12.4 Å². The third kappa shape index (κ3) is 6.09. The molecular weight excluding hydrogens is 428 g/mol. The summed E-state index contributed by atoms with van der Waals surface area (Å²) in [7, 11) is 0. The van der Waals surface area contributed by atoms with Crippen LogP contribution in [0.1, 0.15) is 98.8 Å². The largest absolute Gasteiger partial charge is 0.352 e. The highest BCUT2D eigenvalue weighted by Crippen LogP contribution is 2.25. The average molecular weight is 471 g/mol. The first kappa shape index (κ1) is 25.0. The molecule has 1 aromatic heterocycles. The van der Waals surface area contributed by atoms with E-state index in [1.807, 2.05) is 23.3 Å². The monoisotopic (exact) mass is 470 g/mol. The molecule has 1 N–H and O–H groups in total. The molecule has 7 heteroatoms. The van der Waals surface area contributed by atoms with Gasteiger partial charge >= 0.3 is 0 Å². The van der Waals surface area contributed by atoms with Gasteiger partial charge in [0.1, 0.15) is 11.1 Å². The first-order valence-electron chi connectivity index (χ1n) is 13.5. The second-order valence-electron chi connectivity index (χ2n) is 10.9. The number of nitrogens with one attached hydrogen (secondary N) is 1. The van der Waals surface area contributed by atoms with Gasteiger partial charge in [0.15, 0.2) is 0 Å². The lowest BCUT2D eigenvalue weighted by atomic mass is 9.89. The predicted octanol–water partition coefficient (Wildman–Crippen LogP) is 3.66. The molecule has 0 aromatic carbocycles. The standard InChI is InChI=1S/C27H42N4O3/c1-20(2)28-26(33)23-18-29(17-21-9-5-3-6-10-21)19-24(25(23)32)27(34)31-15-11-22(12-16-31)30-13-7-4-8-14-30/h18-22H,3-17H2,1-2H3,(H,28,33). The molecule has 0 radical (unpaired) electrons.